The summed E-state index contributed by atoms with van der Waals surface area (Å²) < 4.78 is 18.0. The van der Waals surface area contributed by atoms with E-state index in [9.17, 15) is 14.6 Å². The topological polar surface area (TPSA) is 49.7 Å². The molecule has 1 aliphatic heterocycles. The Bertz CT molecular complexity index is 212. The summed E-state index contributed by atoms with van der Waals surface area (Å²) in [5.74, 6) is -0.358. The number of aliphatic hydroxyl groups is 2. The normalized spacial score (nSPS) is 43.0. The summed E-state index contributed by atoms with van der Waals surface area (Å²) in [6, 6.07) is 0. The number of alkyl halides is 1. The van der Waals surface area contributed by atoms with Crippen molar-refractivity contribution in [3.05, 3.63) is 0 Å². The molecule has 0 spiro atoms. The van der Waals surface area contributed by atoms with Gasteiger partial charge in [-0.3, -0.25) is 0 Å². The first kappa shape index (κ1) is 12.9. The van der Waals surface area contributed by atoms with E-state index in [1.54, 1.807) is 6.92 Å². The molecule has 90 valence electrons. The SMILES string of the molecule is CC1C(O)C(CF)OC(C(C)(C)C)C1O. The monoisotopic (exact) mass is 220 g/mol. The average molecular weight is 220 g/mol. The number of ether oxygens (including phenoxy) is 1. The van der Waals surface area contributed by atoms with Gasteiger partial charge >= 0.3 is 0 Å². The molecule has 5 atom stereocenters. The second-order valence-corrected chi connectivity index (χ2v) is 5.46. The fourth-order valence-electron chi connectivity index (χ4n) is 2.01. The van der Waals surface area contributed by atoms with E-state index in [0.29, 0.717) is 0 Å². The van der Waals surface area contributed by atoms with Crippen LogP contribution in [0.5, 0.6) is 0 Å². The summed E-state index contributed by atoms with van der Waals surface area (Å²) in [5.41, 5.74) is -0.263. The molecule has 0 aliphatic carbocycles. The van der Waals surface area contributed by atoms with Gasteiger partial charge in [0.25, 0.3) is 0 Å². The standard InChI is InChI=1S/C11H21FO3/c1-6-8(13)7(5-12)15-10(9(6)14)11(2,3)4/h6-10,13-14H,5H2,1-4H3. The van der Waals surface area contributed by atoms with Crippen molar-refractivity contribution in [3.8, 4) is 0 Å². The highest BCUT2D eigenvalue weighted by molar-refractivity contribution is 4.94. The molecule has 0 amide bonds. The lowest BCUT2D eigenvalue weighted by Crippen LogP contribution is -2.57. The van der Waals surface area contributed by atoms with Crippen LogP contribution >= 0.6 is 0 Å². The quantitative estimate of drug-likeness (QED) is 0.696. The summed E-state index contributed by atoms with van der Waals surface area (Å²) in [4.78, 5) is 0. The number of hydrogen-bond donors (Lipinski definition) is 2. The predicted molar refractivity (Wildman–Crippen MR) is 55.3 cm³/mol. The molecule has 1 aliphatic rings. The predicted octanol–water partition coefficient (Wildman–Crippen LogP) is 1.13. The van der Waals surface area contributed by atoms with Crippen LogP contribution in [-0.4, -0.2) is 41.3 Å². The minimum Gasteiger partial charge on any atom is -0.390 e. The molecule has 3 nitrogen and oxygen atoms in total. The van der Waals surface area contributed by atoms with Crippen LogP contribution in [0.25, 0.3) is 0 Å². The molecule has 0 bridgehead atoms. The van der Waals surface area contributed by atoms with Crippen LogP contribution in [0.2, 0.25) is 0 Å². The largest absolute Gasteiger partial charge is 0.390 e. The van der Waals surface area contributed by atoms with Crippen molar-refractivity contribution in [2.75, 3.05) is 6.67 Å². The highest BCUT2D eigenvalue weighted by atomic mass is 19.1. The molecule has 2 N–H and O–H groups in total. The molecule has 4 heteroatoms. The Morgan fingerprint density at radius 3 is 2.13 bits per heavy atom. The molecule has 1 saturated heterocycles. The van der Waals surface area contributed by atoms with Crippen molar-refractivity contribution in [2.24, 2.45) is 11.3 Å². The lowest BCUT2D eigenvalue weighted by atomic mass is 9.77. The Morgan fingerprint density at radius 2 is 1.73 bits per heavy atom. The minimum atomic E-state index is -0.927. The molecule has 0 radical (unpaired) electrons. The van der Waals surface area contributed by atoms with E-state index in [2.05, 4.69) is 0 Å². The molecule has 1 heterocycles. The molecular weight excluding hydrogens is 199 g/mol. The van der Waals surface area contributed by atoms with Crippen LogP contribution in [0.4, 0.5) is 4.39 Å². The van der Waals surface area contributed by atoms with Gasteiger partial charge in [-0.2, -0.15) is 0 Å². The van der Waals surface area contributed by atoms with Gasteiger partial charge in [0.15, 0.2) is 0 Å². The maximum Gasteiger partial charge on any atom is 0.118 e. The van der Waals surface area contributed by atoms with Crippen LogP contribution in [0, 0.1) is 11.3 Å². The van der Waals surface area contributed by atoms with E-state index in [1.165, 1.54) is 0 Å². The summed E-state index contributed by atoms with van der Waals surface area (Å²) >= 11 is 0. The third-order valence-electron chi connectivity index (χ3n) is 3.10. The molecule has 0 saturated carbocycles. The van der Waals surface area contributed by atoms with Crippen molar-refractivity contribution in [2.45, 2.75) is 52.1 Å². The van der Waals surface area contributed by atoms with E-state index in [-0.39, 0.29) is 11.3 Å². The summed E-state index contributed by atoms with van der Waals surface area (Å²) in [7, 11) is 0. The summed E-state index contributed by atoms with van der Waals surface area (Å²) in [6.07, 6.45) is -2.92. The third kappa shape index (κ3) is 2.49. The second-order valence-electron chi connectivity index (χ2n) is 5.46. The van der Waals surface area contributed by atoms with Crippen LogP contribution in [0.15, 0.2) is 0 Å². The Hall–Kier alpha value is -0.190. The highest BCUT2D eigenvalue weighted by Gasteiger charge is 2.46. The smallest absolute Gasteiger partial charge is 0.118 e. The van der Waals surface area contributed by atoms with Gasteiger partial charge in [0.05, 0.1) is 18.3 Å². The molecule has 0 aromatic heterocycles. The molecule has 1 fully saturated rings. The average Bonchev–Trinajstić information content (AvgIpc) is 2.13. The van der Waals surface area contributed by atoms with Gasteiger partial charge in [0, 0.05) is 5.92 Å². The van der Waals surface area contributed by atoms with Crippen molar-refractivity contribution in [3.63, 3.8) is 0 Å². The molecular formula is C11H21FO3. The van der Waals surface area contributed by atoms with E-state index in [0.717, 1.165) is 0 Å². The maximum absolute atomic E-state index is 12.6. The van der Waals surface area contributed by atoms with Gasteiger partial charge in [-0.1, -0.05) is 27.7 Å². The first-order valence-electron chi connectivity index (χ1n) is 5.36. The highest BCUT2D eigenvalue weighted by Crippen LogP contribution is 2.35. The van der Waals surface area contributed by atoms with E-state index in [4.69, 9.17) is 4.74 Å². The first-order chi connectivity index (χ1) is 6.79. The fourth-order valence-corrected chi connectivity index (χ4v) is 2.01. The van der Waals surface area contributed by atoms with E-state index in [1.807, 2.05) is 20.8 Å². The van der Waals surface area contributed by atoms with Crippen LogP contribution < -0.4 is 0 Å². The Kier molecular flexibility index (Phi) is 3.74. The van der Waals surface area contributed by atoms with Gasteiger partial charge < -0.3 is 14.9 Å². The van der Waals surface area contributed by atoms with E-state index >= 15 is 0 Å². The van der Waals surface area contributed by atoms with Crippen LogP contribution in [-0.2, 0) is 4.74 Å². The number of rotatable bonds is 1. The van der Waals surface area contributed by atoms with Gasteiger partial charge in [0.2, 0.25) is 0 Å². The zero-order valence-electron chi connectivity index (χ0n) is 9.77. The van der Waals surface area contributed by atoms with Crippen LogP contribution in [0.1, 0.15) is 27.7 Å². The number of hydrogen-bond acceptors (Lipinski definition) is 3. The van der Waals surface area contributed by atoms with E-state index < -0.39 is 31.1 Å². The Balaban J connectivity index is 2.83. The fraction of sp³-hybridized carbons (Fsp3) is 1.00. The minimum absolute atomic E-state index is 0.263. The number of halogens is 1. The van der Waals surface area contributed by atoms with Crippen molar-refractivity contribution in [1.29, 1.82) is 0 Å². The molecule has 5 unspecified atom stereocenters. The van der Waals surface area contributed by atoms with Crippen molar-refractivity contribution < 1.29 is 19.3 Å². The zero-order valence-corrected chi connectivity index (χ0v) is 9.77. The first-order valence-corrected chi connectivity index (χ1v) is 5.36. The zero-order chi connectivity index (χ0) is 11.8. The molecule has 1 rings (SSSR count). The Labute approximate surface area is 90.3 Å². The van der Waals surface area contributed by atoms with Crippen molar-refractivity contribution in [1.82, 2.24) is 0 Å². The lowest BCUT2D eigenvalue weighted by Gasteiger charge is -2.46. The Morgan fingerprint density at radius 1 is 1.20 bits per heavy atom. The second kappa shape index (κ2) is 4.36. The summed E-state index contributed by atoms with van der Waals surface area (Å²) in [5, 5.41) is 19.6. The van der Waals surface area contributed by atoms with Crippen molar-refractivity contribution >= 4 is 0 Å². The lowest BCUT2D eigenvalue weighted by molar-refractivity contribution is -0.225. The summed E-state index contributed by atoms with van der Waals surface area (Å²) in [6.45, 7) is 6.80. The molecule has 0 aromatic carbocycles. The molecule has 15 heavy (non-hydrogen) atoms. The van der Waals surface area contributed by atoms with Crippen LogP contribution in [0.3, 0.4) is 0 Å². The number of aliphatic hydroxyl groups excluding tert-OH is 2. The van der Waals surface area contributed by atoms with Gasteiger partial charge in [-0.15, -0.1) is 0 Å². The van der Waals surface area contributed by atoms with Gasteiger partial charge in [0.1, 0.15) is 12.8 Å². The van der Waals surface area contributed by atoms with Gasteiger partial charge in [-0.25, -0.2) is 4.39 Å². The third-order valence-corrected chi connectivity index (χ3v) is 3.10. The van der Waals surface area contributed by atoms with Gasteiger partial charge in [-0.05, 0) is 5.41 Å². The maximum atomic E-state index is 12.6. The molecule has 0 aromatic rings.